The van der Waals surface area contributed by atoms with Crippen molar-refractivity contribution in [3.63, 3.8) is 0 Å². The fourth-order valence-electron chi connectivity index (χ4n) is 2.74. The Labute approximate surface area is 199 Å². The summed E-state index contributed by atoms with van der Waals surface area (Å²) in [5, 5.41) is 3.21. The summed E-state index contributed by atoms with van der Waals surface area (Å²) in [6.07, 6.45) is -4.11. The molecule has 1 fully saturated rings. The van der Waals surface area contributed by atoms with Crippen LogP contribution in [0.1, 0.15) is 34.1 Å². The van der Waals surface area contributed by atoms with Gasteiger partial charge in [-0.1, -0.05) is 23.0 Å². The number of esters is 4. The lowest BCUT2D eigenvalue weighted by Crippen LogP contribution is -2.61. The molecule has 0 aliphatic carbocycles. The molecule has 1 rings (SSSR count). The average molecular weight is 528 g/mol. The SMILES string of the molecule is C=CC/C(=N/OS(=O)(=O)O)S[C@@H]1O[C@H](COC(C)=O)[C@@H](OC(C)=O)[C@H](OC(C)=O)[C@H]1OC(C)=O. The molecule has 1 aliphatic heterocycles. The number of nitrogens with zero attached hydrogens (tertiary/aromatic N) is 1. The normalized spacial score (nSPS) is 25.0. The van der Waals surface area contributed by atoms with Gasteiger partial charge in [0.15, 0.2) is 18.3 Å². The third-order valence-corrected chi connectivity index (χ3v) is 5.14. The lowest BCUT2D eigenvalue weighted by molar-refractivity contribution is -0.237. The fraction of sp³-hybridized carbons (Fsp3) is 0.611. The first-order valence-electron chi connectivity index (χ1n) is 9.54. The fourth-order valence-corrected chi connectivity index (χ4v) is 4.07. The minimum atomic E-state index is -4.93. The molecule has 1 saturated heterocycles. The van der Waals surface area contributed by atoms with E-state index >= 15 is 0 Å². The summed E-state index contributed by atoms with van der Waals surface area (Å²) in [7, 11) is -4.93. The second kappa shape index (κ2) is 13.3. The van der Waals surface area contributed by atoms with Gasteiger partial charge >= 0.3 is 34.3 Å². The highest BCUT2D eigenvalue weighted by Gasteiger charge is 2.52. The molecule has 0 bridgehead atoms. The van der Waals surface area contributed by atoms with Gasteiger partial charge in [0.1, 0.15) is 23.2 Å². The number of ether oxygens (including phenoxy) is 5. The predicted octanol–water partition coefficient (Wildman–Crippen LogP) is 0.512. The third kappa shape index (κ3) is 10.5. The molecule has 5 atom stereocenters. The van der Waals surface area contributed by atoms with Crippen molar-refractivity contribution in [2.75, 3.05) is 6.61 Å². The number of hydrogen-bond acceptors (Lipinski definition) is 14. The maximum Gasteiger partial charge on any atom is 0.466 e. The molecule has 0 radical (unpaired) electrons. The van der Waals surface area contributed by atoms with Crippen molar-refractivity contribution in [1.29, 1.82) is 0 Å². The zero-order valence-corrected chi connectivity index (χ0v) is 20.3. The topological polar surface area (TPSA) is 190 Å². The number of hydrogen-bond donors (Lipinski definition) is 1. The monoisotopic (exact) mass is 527 g/mol. The second-order valence-electron chi connectivity index (χ2n) is 6.67. The minimum Gasteiger partial charge on any atom is -0.463 e. The van der Waals surface area contributed by atoms with Gasteiger partial charge in [-0.2, -0.15) is 8.42 Å². The van der Waals surface area contributed by atoms with Gasteiger partial charge in [0, 0.05) is 34.1 Å². The Morgan fingerprint density at radius 1 is 0.971 bits per heavy atom. The molecule has 14 nitrogen and oxygen atoms in total. The Morgan fingerprint density at radius 2 is 1.50 bits per heavy atom. The maximum atomic E-state index is 11.8. The second-order valence-corrected chi connectivity index (χ2v) is 8.84. The van der Waals surface area contributed by atoms with E-state index in [0.717, 1.165) is 27.7 Å². The summed E-state index contributed by atoms with van der Waals surface area (Å²) in [6.45, 7) is 7.40. The number of carbonyl (C=O) groups is 4. The van der Waals surface area contributed by atoms with Crippen LogP contribution in [0.3, 0.4) is 0 Å². The van der Waals surface area contributed by atoms with Gasteiger partial charge in [-0.3, -0.25) is 23.7 Å². The molecule has 0 spiro atoms. The van der Waals surface area contributed by atoms with E-state index in [1.165, 1.54) is 6.08 Å². The Balaban J connectivity index is 3.46. The van der Waals surface area contributed by atoms with Crippen LogP contribution >= 0.6 is 11.8 Å². The van der Waals surface area contributed by atoms with Gasteiger partial charge in [0.25, 0.3) is 0 Å². The molecule has 16 heteroatoms. The van der Waals surface area contributed by atoms with Gasteiger partial charge in [0.2, 0.25) is 0 Å². The van der Waals surface area contributed by atoms with Gasteiger partial charge < -0.3 is 23.7 Å². The largest absolute Gasteiger partial charge is 0.466 e. The maximum absolute atomic E-state index is 11.8. The number of allylic oxidation sites excluding steroid dienone is 1. The molecule has 0 amide bonds. The van der Waals surface area contributed by atoms with Gasteiger partial charge in [-0.05, 0) is 0 Å². The van der Waals surface area contributed by atoms with Crippen molar-refractivity contribution in [2.24, 2.45) is 5.16 Å². The molecule has 0 saturated carbocycles. The minimum absolute atomic E-state index is 0.0763. The molecule has 1 N–H and O–H groups in total. The summed E-state index contributed by atoms with van der Waals surface area (Å²) in [6, 6.07) is 0. The van der Waals surface area contributed by atoms with E-state index in [2.05, 4.69) is 16.0 Å². The Kier molecular flexibility index (Phi) is 11.4. The summed E-state index contributed by atoms with van der Waals surface area (Å²) in [5.74, 6) is -3.10. The van der Waals surface area contributed by atoms with E-state index in [1.54, 1.807) is 0 Å². The zero-order valence-electron chi connectivity index (χ0n) is 18.7. The van der Waals surface area contributed by atoms with E-state index < -0.39 is 70.7 Å². The van der Waals surface area contributed by atoms with Crippen molar-refractivity contribution in [3.8, 4) is 0 Å². The van der Waals surface area contributed by atoms with Crippen LogP contribution in [0.25, 0.3) is 0 Å². The molecule has 0 aromatic rings. The Morgan fingerprint density at radius 3 is 1.97 bits per heavy atom. The molecule has 0 aromatic carbocycles. The molecule has 1 aliphatic rings. The van der Waals surface area contributed by atoms with Crippen molar-refractivity contribution in [1.82, 2.24) is 0 Å². The lowest BCUT2D eigenvalue weighted by Gasteiger charge is -2.44. The summed E-state index contributed by atoms with van der Waals surface area (Å²) in [4.78, 5) is 46.6. The van der Waals surface area contributed by atoms with E-state index in [1.807, 2.05) is 0 Å². The standard InChI is InChI=1S/C18H25NO13S2/c1-6-7-14(19-32-34(24,25)26)33-18-17(30-12(5)23)16(29-11(4)22)15(28-10(3)21)13(31-18)8-27-9(2)20/h6,13,15-18H,1,7-8H2,2-5H3,(H,24,25,26)/b19-14-/t13-,15-,16+,17-,18+/m1/s1. The van der Waals surface area contributed by atoms with Crippen LogP contribution in [0.4, 0.5) is 0 Å². The number of carbonyl (C=O) groups excluding carboxylic acids is 4. The summed E-state index contributed by atoms with van der Waals surface area (Å²) in [5.41, 5.74) is -1.26. The van der Waals surface area contributed by atoms with Gasteiger partial charge in [0.05, 0.1) is 0 Å². The smallest absolute Gasteiger partial charge is 0.463 e. The average Bonchev–Trinajstić information content (AvgIpc) is 2.67. The van der Waals surface area contributed by atoms with Gasteiger partial charge in [-0.15, -0.1) is 6.58 Å². The van der Waals surface area contributed by atoms with Crippen molar-refractivity contribution in [2.45, 2.75) is 64.0 Å². The van der Waals surface area contributed by atoms with Crippen LogP contribution in [0.2, 0.25) is 0 Å². The first kappa shape index (κ1) is 29.3. The van der Waals surface area contributed by atoms with E-state index in [4.69, 9.17) is 28.2 Å². The highest BCUT2D eigenvalue weighted by molar-refractivity contribution is 8.14. The molecule has 0 unspecified atom stereocenters. The molecule has 1 heterocycles. The highest BCUT2D eigenvalue weighted by atomic mass is 32.3. The molecule has 0 aromatic heterocycles. The van der Waals surface area contributed by atoms with Crippen molar-refractivity contribution in [3.05, 3.63) is 12.7 Å². The zero-order chi connectivity index (χ0) is 26.1. The highest BCUT2D eigenvalue weighted by Crippen LogP contribution is 2.35. The summed E-state index contributed by atoms with van der Waals surface area (Å²) >= 11 is 0.677. The quantitative estimate of drug-likeness (QED) is 0.0786. The first-order chi connectivity index (χ1) is 15.7. The van der Waals surface area contributed by atoms with Crippen LogP contribution in [0.15, 0.2) is 17.8 Å². The predicted molar refractivity (Wildman–Crippen MR) is 114 cm³/mol. The number of thioether (sulfide) groups is 1. The van der Waals surface area contributed by atoms with Crippen LogP contribution in [-0.2, 0) is 57.5 Å². The van der Waals surface area contributed by atoms with Crippen LogP contribution in [-0.4, -0.2) is 78.4 Å². The first-order valence-corrected chi connectivity index (χ1v) is 11.8. The number of rotatable bonds is 10. The van der Waals surface area contributed by atoms with E-state index in [9.17, 15) is 27.6 Å². The van der Waals surface area contributed by atoms with Crippen LogP contribution in [0.5, 0.6) is 0 Å². The van der Waals surface area contributed by atoms with Crippen LogP contribution in [0, 0.1) is 0 Å². The van der Waals surface area contributed by atoms with Crippen LogP contribution < -0.4 is 0 Å². The van der Waals surface area contributed by atoms with E-state index in [0.29, 0.717) is 11.8 Å². The lowest BCUT2D eigenvalue weighted by atomic mass is 9.99. The van der Waals surface area contributed by atoms with Crippen molar-refractivity contribution < 1.29 is 60.1 Å². The summed E-state index contributed by atoms with van der Waals surface area (Å²) < 4.78 is 61.2. The molecule has 34 heavy (non-hydrogen) atoms. The Hall–Kier alpha value is -2.69. The van der Waals surface area contributed by atoms with Gasteiger partial charge in [-0.25, -0.2) is 4.28 Å². The van der Waals surface area contributed by atoms with Crippen molar-refractivity contribution >= 4 is 51.1 Å². The molecular weight excluding hydrogens is 502 g/mol. The third-order valence-electron chi connectivity index (χ3n) is 3.75. The Bertz CT molecular complexity index is 917. The van der Waals surface area contributed by atoms with E-state index in [-0.39, 0.29) is 11.5 Å². The molecule has 192 valence electrons. The molecular formula is C18H25NO13S2. The number of oxime groups is 1.